The standard InChI is InChI=1S/C20H25N7OS/c1-3-12(2)13-7-9-14(10-8-13)22-17(28)11-29-20-26-25-19(27(20)21)18-15-5-4-6-16(15)23-24-18/h7-10,12H,3-6,11,21H2,1-2H3,(H,22,28)(H,23,24)/t12-/m1/s1. The molecule has 0 unspecified atom stereocenters. The van der Waals surface area contributed by atoms with Gasteiger partial charge in [-0.25, -0.2) is 4.68 Å². The number of nitrogens with one attached hydrogen (secondary N) is 2. The third-order valence-corrected chi connectivity index (χ3v) is 6.33. The van der Waals surface area contributed by atoms with Crippen LogP contribution in [0.1, 0.15) is 49.4 Å². The topological polar surface area (TPSA) is 115 Å². The molecule has 0 radical (unpaired) electrons. The molecular formula is C20H25N7OS. The highest BCUT2D eigenvalue weighted by molar-refractivity contribution is 7.99. The van der Waals surface area contributed by atoms with E-state index >= 15 is 0 Å². The number of aromatic amines is 1. The SMILES string of the molecule is CC[C@@H](C)c1ccc(NC(=O)CSc2nnc(-c3n[nH]c4c3CCC4)n2N)cc1. The fourth-order valence-electron chi connectivity index (χ4n) is 3.50. The van der Waals surface area contributed by atoms with Gasteiger partial charge in [-0.15, -0.1) is 10.2 Å². The van der Waals surface area contributed by atoms with Crippen LogP contribution < -0.4 is 11.2 Å². The molecule has 152 valence electrons. The molecule has 9 heteroatoms. The molecule has 2 aromatic heterocycles. The van der Waals surface area contributed by atoms with Gasteiger partial charge in [0, 0.05) is 16.9 Å². The number of hydrogen-bond acceptors (Lipinski definition) is 6. The number of thioether (sulfide) groups is 1. The molecule has 8 nitrogen and oxygen atoms in total. The van der Waals surface area contributed by atoms with Crippen molar-refractivity contribution in [1.29, 1.82) is 0 Å². The number of anilines is 1. The molecule has 1 aliphatic carbocycles. The number of nitrogens with two attached hydrogens (primary N) is 1. The van der Waals surface area contributed by atoms with E-state index in [1.54, 1.807) is 0 Å². The predicted octanol–water partition coefficient (Wildman–Crippen LogP) is 3.12. The van der Waals surface area contributed by atoms with Crippen LogP contribution in [0.2, 0.25) is 0 Å². The van der Waals surface area contributed by atoms with Gasteiger partial charge in [-0.2, -0.15) is 5.10 Å². The molecule has 1 amide bonds. The van der Waals surface area contributed by atoms with Crippen LogP contribution in [0, 0.1) is 0 Å². The van der Waals surface area contributed by atoms with Crippen molar-refractivity contribution in [1.82, 2.24) is 25.1 Å². The fraction of sp³-hybridized carbons (Fsp3) is 0.400. The van der Waals surface area contributed by atoms with Crippen LogP contribution >= 0.6 is 11.8 Å². The Labute approximate surface area is 173 Å². The summed E-state index contributed by atoms with van der Waals surface area (Å²) in [7, 11) is 0. The van der Waals surface area contributed by atoms with E-state index in [4.69, 9.17) is 5.84 Å². The van der Waals surface area contributed by atoms with Crippen LogP contribution in [0.15, 0.2) is 29.4 Å². The quantitative estimate of drug-likeness (QED) is 0.406. The number of aromatic nitrogens is 5. The van der Waals surface area contributed by atoms with Crippen LogP contribution in [0.4, 0.5) is 5.69 Å². The average molecular weight is 412 g/mol. The van der Waals surface area contributed by atoms with Crippen LogP contribution in [0.25, 0.3) is 11.5 Å². The third-order valence-electron chi connectivity index (χ3n) is 5.39. The minimum atomic E-state index is -0.114. The number of hydrogen-bond donors (Lipinski definition) is 3. The predicted molar refractivity (Wildman–Crippen MR) is 114 cm³/mol. The van der Waals surface area contributed by atoms with E-state index in [1.165, 1.54) is 27.6 Å². The summed E-state index contributed by atoms with van der Waals surface area (Å²) < 4.78 is 1.41. The number of aryl methyl sites for hydroxylation is 1. The maximum absolute atomic E-state index is 12.3. The van der Waals surface area contributed by atoms with E-state index in [0.29, 0.717) is 16.9 Å². The lowest BCUT2D eigenvalue weighted by Crippen LogP contribution is -2.16. The van der Waals surface area contributed by atoms with Gasteiger partial charge < -0.3 is 11.2 Å². The van der Waals surface area contributed by atoms with Gasteiger partial charge in [-0.05, 0) is 49.3 Å². The highest BCUT2D eigenvalue weighted by Gasteiger charge is 2.24. The van der Waals surface area contributed by atoms with E-state index in [1.807, 2.05) is 12.1 Å². The average Bonchev–Trinajstić information content (AvgIpc) is 3.43. The first-order valence-corrected chi connectivity index (χ1v) is 10.8. The Morgan fingerprint density at radius 2 is 2.10 bits per heavy atom. The Balaban J connectivity index is 1.37. The zero-order valence-electron chi connectivity index (χ0n) is 16.6. The summed E-state index contributed by atoms with van der Waals surface area (Å²) in [5, 5.41) is 19.1. The summed E-state index contributed by atoms with van der Waals surface area (Å²) in [6.07, 6.45) is 4.16. The Kier molecular flexibility index (Phi) is 5.57. The molecule has 29 heavy (non-hydrogen) atoms. The molecule has 0 spiro atoms. The van der Waals surface area contributed by atoms with Gasteiger partial charge in [0.25, 0.3) is 0 Å². The summed E-state index contributed by atoms with van der Waals surface area (Å²) in [5.41, 5.74) is 5.12. The molecule has 1 atom stereocenters. The Morgan fingerprint density at radius 1 is 1.31 bits per heavy atom. The summed E-state index contributed by atoms with van der Waals surface area (Å²) in [4.78, 5) is 12.3. The monoisotopic (exact) mass is 411 g/mol. The highest BCUT2D eigenvalue weighted by atomic mass is 32.2. The maximum atomic E-state index is 12.3. The molecule has 0 saturated heterocycles. The second-order valence-corrected chi connectivity index (χ2v) is 8.27. The molecule has 1 aromatic carbocycles. The summed E-state index contributed by atoms with van der Waals surface area (Å²) in [5.74, 6) is 7.28. The molecule has 4 N–H and O–H groups in total. The zero-order chi connectivity index (χ0) is 20.4. The second kappa shape index (κ2) is 8.28. The fourth-order valence-corrected chi connectivity index (χ4v) is 4.16. The summed E-state index contributed by atoms with van der Waals surface area (Å²) in [6, 6.07) is 7.99. The van der Waals surface area contributed by atoms with Gasteiger partial charge in [0.2, 0.25) is 16.9 Å². The van der Waals surface area contributed by atoms with Gasteiger partial charge in [0.1, 0.15) is 5.69 Å². The lowest BCUT2D eigenvalue weighted by atomic mass is 9.99. The summed E-state index contributed by atoms with van der Waals surface area (Å²) in [6.45, 7) is 4.36. The Bertz CT molecular complexity index is 1010. The molecule has 0 saturated carbocycles. The normalized spacial score (nSPS) is 14.0. The first kappa shape index (κ1) is 19.5. The number of rotatable bonds is 7. The van der Waals surface area contributed by atoms with Crippen LogP contribution in [0.5, 0.6) is 0 Å². The van der Waals surface area contributed by atoms with Crippen molar-refractivity contribution in [2.45, 2.75) is 50.6 Å². The van der Waals surface area contributed by atoms with E-state index in [-0.39, 0.29) is 11.7 Å². The number of carbonyl (C=O) groups is 1. The van der Waals surface area contributed by atoms with Crippen molar-refractivity contribution in [3.05, 3.63) is 41.1 Å². The minimum absolute atomic E-state index is 0.114. The number of nitrogens with zero attached hydrogens (tertiary/aromatic N) is 4. The number of amides is 1. The molecule has 0 aliphatic heterocycles. The number of H-pyrrole nitrogens is 1. The zero-order valence-corrected chi connectivity index (χ0v) is 17.4. The summed E-state index contributed by atoms with van der Waals surface area (Å²) >= 11 is 1.25. The van der Waals surface area contributed by atoms with Crippen LogP contribution in [-0.2, 0) is 17.6 Å². The molecule has 3 aromatic rings. The van der Waals surface area contributed by atoms with Crippen LogP contribution in [-0.4, -0.2) is 36.7 Å². The van der Waals surface area contributed by atoms with Gasteiger partial charge in [0.05, 0.1) is 5.75 Å². The van der Waals surface area contributed by atoms with E-state index in [9.17, 15) is 4.79 Å². The lowest BCUT2D eigenvalue weighted by Gasteiger charge is -2.10. The molecule has 0 fully saturated rings. The van der Waals surface area contributed by atoms with Crippen molar-refractivity contribution in [2.75, 3.05) is 16.9 Å². The molecule has 4 rings (SSSR count). The van der Waals surface area contributed by atoms with Gasteiger partial charge in [-0.3, -0.25) is 9.89 Å². The maximum Gasteiger partial charge on any atom is 0.234 e. The van der Waals surface area contributed by atoms with Crippen molar-refractivity contribution in [2.24, 2.45) is 0 Å². The molecule has 2 heterocycles. The third kappa shape index (κ3) is 4.00. The number of benzene rings is 1. The smallest absolute Gasteiger partial charge is 0.234 e. The van der Waals surface area contributed by atoms with Crippen molar-refractivity contribution in [3.8, 4) is 11.5 Å². The van der Waals surface area contributed by atoms with Crippen molar-refractivity contribution in [3.63, 3.8) is 0 Å². The van der Waals surface area contributed by atoms with Gasteiger partial charge in [0.15, 0.2) is 0 Å². The largest absolute Gasteiger partial charge is 0.335 e. The van der Waals surface area contributed by atoms with Gasteiger partial charge in [-0.1, -0.05) is 37.7 Å². The van der Waals surface area contributed by atoms with Crippen LogP contribution in [0.3, 0.4) is 0 Å². The van der Waals surface area contributed by atoms with Crippen molar-refractivity contribution < 1.29 is 4.79 Å². The lowest BCUT2D eigenvalue weighted by molar-refractivity contribution is -0.113. The van der Waals surface area contributed by atoms with Gasteiger partial charge >= 0.3 is 0 Å². The second-order valence-electron chi connectivity index (χ2n) is 7.33. The molecular weight excluding hydrogens is 386 g/mol. The number of fused-ring (bicyclic) bond motifs is 1. The highest BCUT2D eigenvalue weighted by Crippen LogP contribution is 2.30. The number of carbonyl (C=O) groups excluding carboxylic acids is 1. The number of nitrogen functional groups attached to an aromatic ring is 1. The Morgan fingerprint density at radius 3 is 2.86 bits per heavy atom. The minimum Gasteiger partial charge on any atom is -0.335 e. The molecule has 0 bridgehead atoms. The van der Waals surface area contributed by atoms with E-state index < -0.39 is 0 Å². The first-order valence-electron chi connectivity index (χ1n) is 9.86. The Hall–Kier alpha value is -2.81. The van der Waals surface area contributed by atoms with Crippen molar-refractivity contribution >= 4 is 23.4 Å². The van der Waals surface area contributed by atoms with E-state index in [2.05, 4.69) is 51.7 Å². The van der Waals surface area contributed by atoms with E-state index in [0.717, 1.165) is 42.8 Å². The first-order chi connectivity index (χ1) is 14.1. The molecule has 1 aliphatic rings.